The summed E-state index contributed by atoms with van der Waals surface area (Å²) in [6.07, 6.45) is -0.245. The number of carbonyl (C=O) groups is 4. The fourth-order valence-corrected chi connectivity index (χ4v) is 5.13. The number of nitrogens with zero attached hydrogens (tertiary/aromatic N) is 2. The predicted octanol–water partition coefficient (Wildman–Crippen LogP) is 1.38. The number of aliphatic hydroxyl groups is 2. The fourth-order valence-electron chi connectivity index (χ4n) is 4.29. The molecule has 0 radical (unpaired) electrons. The lowest BCUT2D eigenvalue weighted by atomic mass is 9.96. The Morgan fingerprint density at radius 1 is 0.703 bits per heavy atom. The largest absolute Gasteiger partial charge is 0.478 e. The second kappa shape index (κ2) is 12.3. The first-order valence-electron chi connectivity index (χ1n) is 11.2. The minimum absolute atomic E-state index is 0.0184. The van der Waals surface area contributed by atoms with Gasteiger partial charge in [0.1, 0.15) is 10.9 Å². The number of rotatable bonds is 10. The van der Waals surface area contributed by atoms with Gasteiger partial charge >= 0.3 is 23.9 Å². The Bertz CT molecular complexity index is 1030. The third-order valence-corrected chi connectivity index (χ3v) is 7.37. The van der Waals surface area contributed by atoms with Crippen molar-refractivity contribution < 1.29 is 49.1 Å². The number of carboxylic acid groups (broad SMARTS) is 2. The summed E-state index contributed by atoms with van der Waals surface area (Å²) < 4.78 is 9.54. The molecule has 12 nitrogen and oxygen atoms in total. The summed E-state index contributed by atoms with van der Waals surface area (Å²) in [5.74, 6) is -3.77. The minimum Gasteiger partial charge on any atom is -0.478 e. The molecule has 2 atom stereocenters. The lowest BCUT2D eigenvalue weighted by molar-refractivity contribution is -0.137. The van der Waals surface area contributed by atoms with Crippen molar-refractivity contribution in [3.63, 3.8) is 0 Å². The summed E-state index contributed by atoms with van der Waals surface area (Å²) in [6, 6.07) is 0. The smallest absolute Gasteiger partial charge is 0.335 e. The van der Waals surface area contributed by atoms with Crippen LogP contribution in [0.4, 0.5) is 0 Å². The van der Waals surface area contributed by atoms with Gasteiger partial charge in [-0.25, -0.2) is 19.2 Å². The molecule has 2 heterocycles. The number of hydrogen-bond acceptors (Lipinski definition) is 11. The molecule has 0 spiro atoms. The third-order valence-electron chi connectivity index (χ3n) is 6.45. The Hall–Kier alpha value is -3.29. The van der Waals surface area contributed by atoms with Crippen LogP contribution in [0.5, 0.6) is 0 Å². The number of hydrogen-bond donors (Lipinski definition) is 4. The van der Waals surface area contributed by atoms with Gasteiger partial charge in [0.05, 0.1) is 49.6 Å². The zero-order chi connectivity index (χ0) is 28.2. The molecule has 0 aromatic carbocycles. The molecule has 2 aliphatic rings. The molecule has 4 N–H and O–H groups in total. The van der Waals surface area contributed by atoms with E-state index in [0.29, 0.717) is 22.8 Å². The SMILES string of the molecule is COC(=O)C1=C(C)N(CC(O)SC(O)CN2C(C)=C(C(=O)O)CC(C(=O)OC)=C2C)C(C)=C(C(=O)O)C1. The molecule has 0 saturated carbocycles. The predicted molar refractivity (Wildman–Crippen MR) is 132 cm³/mol. The molecule has 2 unspecified atom stereocenters. The molecular weight excluding hydrogens is 508 g/mol. The summed E-state index contributed by atoms with van der Waals surface area (Å²) in [6.45, 7) is 6.06. The summed E-state index contributed by atoms with van der Waals surface area (Å²) in [7, 11) is 2.38. The monoisotopic (exact) mass is 540 g/mol. The number of carbonyl (C=O) groups excluding carboxylic acids is 2. The van der Waals surface area contributed by atoms with E-state index in [1.54, 1.807) is 27.7 Å². The van der Waals surface area contributed by atoms with Crippen molar-refractivity contribution in [1.82, 2.24) is 9.80 Å². The highest BCUT2D eigenvalue weighted by molar-refractivity contribution is 8.00. The lowest BCUT2D eigenvalue weighted by Gasteiger charge is -2.36. The highest BCUT2D eigenvalue weighted by atomic mass is 32.2. The van der Waals surface area contributed by atoms with Crippen molar-refractivity contribution in [2.24, 2.45) is 0 Å². The lowest BCUT2D eigenvalue weighted by Crippen LogP contribution is -2.37. The molecule has 13 heteroatoms. The number of methoxy groups -OCH3 is 2. The number of aliphatic hydroxyl groups excluding tert-OH is 2. The van der Waals surface area contributed by atoms with Gasteiger partial charge in [-0.15, -0.1) is 0 Å². The zero-order valence-corrected chi connectivity index (χ0v) is 22.3. The van der Waals surface area contributed by atoms with Crippen molar-refractivity contribution >= 4 is 35.6 Å². The Balaban J connectivity index is 2.26. The van der Waals surface area contributed by atoms with Gasteiger partial charge in [0.2, 0.25) is 0 Å². The Kier molecular flexibility index (Phi) is 9.95. The maximum absolute atomic E-state index is 12.2. The fraction of sp³-hybridized carbons (Fsp3) is 0.500. The second-order valence-electron chi connectivity index (χ2n) is 8.47. The van der Waals surface area contributed by atoms with Crippen LogP contribution in [0.25, 0.3) is 0 Å². The first-order valence-corrected chi connectivity index (χ1v) is 12.2. The molecular formula is C24H32N2O10S. The number of esters is 2. The van der Waals surface area contributed by atoms with E-state index in [1.165, 1.54) is 24.0 Å². The van der Waals surface area contributed by atoms with E-state index < -0.39 is 34.7 Å². The summed E-state index contributed by atoms with van der Waals surface area (Å²) >= 11 is 0.755. The normalized spacial score (nSPS) is 18.3. The van der Waals surface area contributed by atoms with Crippen LogP contribution in [0, 0.1) is 0 Å². The highest BCUT2D eigenvalue weighted by Gasteiger charge is 2.33. The van der Waals surface area contributed by atoms with Crippen LogP contribution in [-0.4, -0.2) is 92.3 Å². The standard InChI is InChI=1S/C24H32N2O10S/c1-11-15(21(29)30)7-17(23(33)35-5)13(3)25(11)9-19(27)37-20(28)10-26-12(2)16(22(31)32)8-18(14(26)4)24(34)36-6/h19-20,27-28H,7-10H2,1-6H3,(H,29,30)(H,31,32). The van der Waals surface area contributed by atoms with Crippen molar-refractivity contribution in [3.05, 3.63) is 45.1 Å². The molecule has 0 fully saturated rings. The van der Waals surface area contributed by atoms with Crippen molar-refractivity contribution in [1.29, 1.82) is 0 Å². The van der Waals surface area contributed by atoms with Gasteiger partial charge in [-0.05, 0) is 27.7 Å². The first kappa shape index (κ1) is 29.9. The summed E-state index contributed by atoms with van der Waals surface area (Å²) in [5.41, 5.74) is -0.677. The summed E-state index contributed by atoms with van der Waals surface area (Å²) in [4.78, 5) is 50.8. The van der Waals surface area contributed by atoms with Crippen LogP contribution < -0.4 is 0 Å². The van der Waals surface area contributed by atoms with Crippen LogP contribution in [0.2, 0.25) is 0 Å². The van der Waals surface area contributed by atoms with E-state index in [1.807, 2.05) is 0 Å². The molecule has 37 heavy (non-hydrogen) atoms. The molecule has 0 amide bonds. The van der Waals surface area contributed by atoms with E-state index in [-0.39, 0.29) is 48.2 Å². The summed E-state index contributed by atoms with van der Waals surface area (Å²) in [5, 5.41) is 40.6. The average molecular weight is 541 g/mol. The van der Waals surface area contributed by atoms with Gasteiger partial charge in [-0.2, -0.15) is 0 Å². The maximum atomic E-state index is 12.2. The van der Waals surface area contributed by atoms with Gasteiger partial charge in [-0.3, -0.25) is 0 Å². The van der Waals surface area contributed by atoms with Crippen LogP contribution in [0.15, 0.2) is 45.1 Å². The maximum Gasteiger partial charge on any atom is 0.335 e. The molecule has 2 aliphatic heterocycles. The number of β-amino-alcohol motifs (C(OH)–C–C–N with tert-alkyl or cyclic N) is 2. The Morgan fingerprint density at radius 2 is 1.00 bits per heavy atom. The third kappa shape index (κ3) is 6.53. The number of allylic oxidation sites excluding steroid dienone is 4. The van der Waals surface area contributed by atoms with Crippen LogP contribution in [0.3, 0.4) is 0 Å². The zero-order valence-electron chi connectivity index (χ0n) is 21.5. The molecule has 0 aromatic heterocycles. The first-order chi connectivity index (χ1) is 17.2. The van der Waals surface area contributed by atoms with E-state index in [0.717, 1.165) is 11.8 Å². The molecule has 0 saturated heterocycles. The number of carboxylic acids is 2. The topological polar surface area (TPSA) is 174 Å². The highest BCUT2D eigenvalue weighted by Crippen LogP contribution is 2.34. The van der Waals surface area contributed by atoms with Crippen LogP contribution >= 0.6 is 11.8 Å². The molecule has 0 aliphatic carbocycles. The van der Waals surface area contributed by atoms with Gasteiger partial charge in [0, 0.05) is 35.6 Å². The van der Waals surface area contributed by atoms with Gasteiger partial charge in [-0.1, -0.05) is 11.8 Å². The Morgan fingerprint density at radius 3 is 1.27 bits per heavy atom. The number of thioether (sulfide) groups is 1. The van der Waals surface area contributed by atoms with Crippen LogP contribution in [0.1, 0.15) is 40.5 Å². The second-order valence-corrected chi connectivity index (χ2v) is 9.83. The Labute approximate surface area is 218 Å². The van der Waals surface area contributed by atoms with Crippen molar-refractivity contribution in [2.45, 2.75) is 51.4 Å². The average Bonchev–Trinajstić information content (AvgIpc) is 2.83. The van der Waals surface area contributed by atoms with Crippen molar-refractivity contribution in [2.75, 3.05) is 27.3 Å². The van der Waals surface area contributed by atoms with E-state index in [2.05, 4.69) is 0 Å². The number of ether oxygens (including phenoxy) is 2. The van der Waals surface area contributed by atoms with Gasteiger partial charge in [0.25, 0.3) is 0 Å². The quantitative estimate of drug-likeness (QED) is 0.231. The van der Waals surface area contributed by atoms with E-state index in [9.17, 15) is 39.6 Å². The van der Waals surface area contributed by atoms with Gasteiger partial charge < -0.3 is 39.7 Å². The molecule has 204 valence electrons. The van der Waals surface area contributed by atoms with Crippen LogP contribution in [-0.2, 0) is 28.7 Å². The molecule has 0 aromatic rings. The van der Waals surface area contributed by atoms with E-state index >= 15 is 0 Å². The van der Waals surface area contributed by atoms with E-state index in [4.69, 9.17) is 9.47 Å². The molecule has 0 bridgehead atoms. The number of aliphatic carboxylic acids is 2. The minimum atomic E-state index is -1.23. The van der Waals surface area contributed by atoms with Crippen molar-refractivity contribution in [3.8, 4) is 0 Å². The van der Waals surface area contributed by atoms with Gasteiger partial charge in [0.15, 0.2) is 0 Å². The molecule has 2 rings (SSSR count).